The molecule has 2 aromatic rings. The second-order valence-electron chi connectivity index (χ2n) is 7.23. The molecule has 11 heteroatoms. The van der Waals surface area contributed by atoms with E-state index in [0.717, 1.165) is 6.07 Å². The maximum absolute atomic E-state index is 13.6. The van der Waals surface area contributed by atoms with E-state index < -0.39 is 21.7 Å². The molecule has 0 bridgehead atoms. The van der Waals surface area contributed by atoms with Gasteiger partial charge in [0.1, 0.15) is 17.3 Å². The van der Waals surface area contributed by atoms with Crippen LogP contribution in [0, 0.1) is 12.7 Å². The predicted octanol–water partition coefficient (Wildman–Crippen LogP) is 2.22. The number of thiocarbonyl (C=S) groups is 1. The molecule has 0 fully saturated rings. The average molecular weight is 482 g/mol. The first-order chi connectivity index (χ1) is 15.2. The number of rotatable bonds is 6. The number of carbonyl (C=O) groups is 1. The van der Waals surface area contributed by atoms with Gasteiger partial charge in [0.25, 0.3) is 15.9 Å². The SMILES string of the molecule is CNC(=S)NS(=O)(=O)c1cc2c(cc1C)OCCC2CNC(=O)c1cc(F)ccc1OC. The smallest absolute Gasteiger partial charge is 0.263 e. The fourth-order valence-corrected chi connectivity index (χ4v) is 5.04. The number of methoxy groups -OCH3 is 1. The van der Waals surface area contributed by atoms with Gasteiger partial charge in [-0.1, -0.05) is 0 Å². The molecule has 1 aliphatic heterocycles. The van der Waals surface area contributed by atoms with E-state index in [2.05, 4.69) is 15.4 Å². The molecule has 8 nitrogen and oxygen atoms in total. The average Bonchev–Trinajstić information content (AvgIpc) is 2.76. The Morgan fingerprint density at radius 2 is 2.06 bits per heavy atom. The minimum Gasteiger partial charge on any atom is -0.496 e. The second kappa shape index (κ2) is 9.70. The van der Waals surface area contributed by atoms with Crippen LogP contribution in [0.3, 0.4) is 0 Å². The predicted molar refractivity (Wildman–Crippen MR) is 121 cm³/mol. The lowest BCUT2D eigenvalue weighted by atomic mass is 9.92. The van der Waals surface area contributed by atoms with Gasteiger partial charge in [-0.25, -0.2) is 12.8 Å². The lowest BCUT2D eigenvalue weighted by Crippen LogP contribution is -2.37. The van der Waals surface area contributed by atoms with E-state index in [0.29, 0.717) is 29.9 Å². The number of carbonyl (C=O) groups excluding carboxylic acids is 1. The van der Waals surface area contributed by atoms with E-state index >= 15 is 0 Å². The summed E-state index contributed by atoms with van der Waals surface area (Å²) >= 11 is 4.93. The van der Waals surface area contributed by atoms with Crippen LogP contribution in [0.1, 0.15) is 33.8 Å². The molecule has 0 saturated heterocycles. The summed E-state index contributed by atoms with van der Waals surface area (Å²) in [6.07, 6.45) is 0.568. The van der Waals surface area contributed by atoms with Gasteiger partial charge in [0.2, 0.25) is 0 Å². The van der Waals surface area contributed by atoms with Gasteiger partial charge in [-0.15, -0.1) is 0 Å². The van der Waals surface area contributed by atoms with Crippen LogP contribution in [0.15, 0.2) is 35.2 Å². The number of sulfonamides is 1. The maximum atomic E-state index is 13.6. The number of amides is 1. The molecule has 0 aromatic heterocycles. The summed E-state index contributed by atoms with van der Waals surface area (Å²) in [7, 11) is -0.984. The van der Waals surface area contributed by atoms with Crippen LogP contribution >= 0.6 is 12.2 Å². The second-order valence-corrected chi connectivity index (χ2v) is 9.29. The summed E-state index contributed by atoms with van der Waals surface area (Å²) in [4.78, 5) is 12.7. The molecule has 0 radical (unpaired) electrons. The zero-order valence-electron chi connectivity index (χ0n) is 17.8. The number of hydrogen-bond acceptors (Lipinski definition) is 6. The summed E-state index contributed by atoms with van der Waals surface area (Å²) in [6, 6.07) is 6.91. The maximum Gasteiger partial charge on any atom is 0.263 e. The molecular weight excluding hydrogens is 457 g/mol. The van der Waals surface area contributed by atoms with Crippen LogP contribution in [0.2, 0.25) is 0 Å². The van der Waals surface area contributed by atoms with Crippen molar-refractivity contribution in [3.05, 3.63) is 52.8 Å². The Bertz CT molecular complexity index is 1150. The van der Waals surface area contributed by atoms with Crippen LogP contribution in [-0.4, -0.2) is 46.7 Å². The van der Waals surface area contributed by atoms with Gasteiger partial charge in [-0.3, -0.25) is 9.52 Å². The number of aryl methyl sites for hydroxylation is 1. The van der Waals surface area contributed by atoms with Crippen molar-refractivity contribution in [1.82, 2.24) is 15.4 Å². The van der Waals surface area contributed by atoms with Crippen molar-refractivity contribution in [2.24, 2.45) is 0 Å². The molecule has 172 valence electrons. The quantitative estimate of drug-likeness (QED) is 0.544. The normalized spacial score (nSPS) is 15.2. The summed E-state index contributed by atoms with van der Waals surface area (Å²) in [5.74, 6) is -0.425. The minimum atomic E-state index is -3.90. The van der Waals surface area contributed by atoms with E-state index in [-0.39, 0.29) is 33.8 Å². The lowest BCUT2D eigenvalue weighted by molar-refractivity contribution is 0.0944. The summed E-state index contributed by atoms with van der Waals surface area (Å²) in [5.41, 5.74) is 1.24. The molecule has 1 amide bonds. The molecule has 2 aromatic carbocycles. The van der Waals surface area contributed by atoms with Crippen LogP contribution in [-0.2, 0) is 10.0 Å². The van der Waals surface area contributed by atoms with Gasteiger partial charge >= 0.3 is 0 Å². The molecule has 32 heavy (non-hydrogen) atoms. The van der Waals surface area contributed by atoms with Gasteiger partial charge in [0.15, 0.2) is 5.11 Å². The molecular formula is C21H24FN3O5S2. The van der Waals surface area contributed by atoms with Crippen molar-refractivity contribution in [2.75, 3.05) is 27.3 Å². The Kier molecular flexibility index (Phi) is 7.19. The van der Waals surface area contributed by atoms with Crippen molar-refractivity contribution in [3.63, 3.8) is 0 Å². The largest absolute Gasteiger partial charge is 0.496 e. The van der Waals surface area contributed by atoms with Crippen LogP contribution in [0.5, 0.6) is 11.5 Å². The molecule has 1 heterocycles. The number of ether oxygens (including phenoxy) is 2. The molecule has 0 aliphatic carbocycles. The van der Waals surface area contributed by atoms with Gasteiger partial charge in [-0.05, 0) is 61.5 Å². The Morgan fingerprint density at radius 1 is 1.31 bits per heavy atom. The van der Waals surface area contributed by atoms with E-state index in [1.165, 1.54) is 26.3 Å². The standard InChI is InChI=1S/C21H24FN3O5S2/c1-12-8-18-15(10-19(12)32(27,28)25-21(31)23-2)13(6-7-30-18)11-24-20(26)16-9-14(22)4-5-17(16)29-3/h4-5,8-10,13H,6-7,11H2,1-3H3,(H,24,26)(H2,23,25,31). The van der Waals surface area contributed by atoms with Gasteiger partial charge < -0.3 is 20.1 Å². The van der Waals surface area contributed by atoms with Gasteiger partial charge in [-0.2, -0.15) is 0 Å². The highest BCUT2D eigenvalue weighted by atomic mass is 32.2. The van der Waals surface area contributed by atoms with E-state index in [4.69, 9.17) is 21.7 Å². The highest BCUT2D eigenvalue weighted by Crippen LogP contribution is 2.37. The first-order valence-electron chi connectivity index (χ1n) is 9.80. The van der Waals surface area contributed by atoms with E-state index in [1.54, 1.807) is 19.1 Å². The number of nitrogens with one attached hydrogen (secondary N) is 3. The van der Waals surface area contributed by atoms with Crippen molar-refractivity contribution in [2.45, 2.75) is 24.2 Å². The first-order valence-corrected chi connectivity index (χ1v) is 11.7. The van der Waals surface area contributed by atoms with Crippen molar-refractivity contribution in [1.29, 1.82) is 0 Å². The monoisotopic (exact) mass is 481 g/mol. The number of fused-ring (bicyclic) bond motifs is 1. The molecule has 1 atom stereocenters. The molecule has 3 N–H and O–H groups in total. The number of benzene rings is 2. The zero-order valence-corrected chi connectivity index (χ0v) is 19.5. The van der Waals surface area contributed by atoms with Crippen molar-refractivity contribution < 1.29 is 27.1 Å². The number of halogens is 1. The van der Waals surface area contributed by atoms with Crippen LogP contribution in [0.25, 0.3) is 0 Å². The third-order valence-electron chi connectivity index (χ3n) is 5.13. The Morgan fingerprint density at radius 3 is 2.75 bits per heavy atom. The van der Waals surface area contributed by atoms with Crippen LogP contribution in [0.4, 0.5) is 4.39 Å². The lowest BCUT2D eigenvalue weighted by Gasteiger charge is -2.27. The Balaban J connectivity index is 1.85. The van der Waals surface area contributed by atoms with Crippen molar-refractivity contribution in [3.8, 4) is 11.5 Å². The molecule has 0 saturated carbocycles. The highest BCUT2D eigenvalue weighted by molar-refractivity contribution is 7.91. The number of hydrogen-bond donors (Lipinski definition) is 3. The molecule has 3 rings (SSSR count). The Labute approximate surface area is 191 Å². The summed E-state index contributed by atoms with van der Waals surface area (Å²) in [5, 5.41) is 5.34. The molecule has 0 spiro atoms. The highest BCUT2D eigenvalue weighted by Gasteiger charge is 2.27. The topological polar surface area (TPSA) is 106 Å². The molecule has 1 aliphatic rings. The Hall–Kier alpha value is -2.92. The fourth-order valence-electron chi connectivity index (χ4n) is 3.49. The van der Waals surface area contributed by atoms with E-state index in [9.17, 15) is 17.6 Å². The van der Waals surface area contributed by atoms with E-state index in [1.807, 2.05) is 0 Å². The first kappa shape index (κ1) is 23.7. The minimum absolute atomic E-state index is 0.0220. The van der Waals surface area contributed by atoms with Crippen molar-refractivity contribution >= 4 is 33.3 Å². The van der Waals surface area contributed by atoms with Gasteiger partial charge in [0.05, 0.1) is 24.2 Å². The third kappa shape index (κ3) is 5.10. The fraction of sp³-hybridized carbons (Fsp3) is 0.333. The third-order valence-corrected chi connectivity index (χ3v) is 7.06. The molecule has 1 unspecified atom stereocenters. The summed E-state index contributed by atoms with van der Waals surface area (Å²) < 4.78 is 52.3. The van der Waals surface area contributed by atoms with Crippen LogP contribution < -0.4 is 24.8 Å². The zero-order chi connectivity index (χ0) is 23.5. The van der Waals surface area contributed by atoms with Gasteiger partial charge in [0, 0.05) is 25.1 Å². The summed E-state index contributed by atoms with van der Waals surface area (Å²) in [6.45, 7) is 2.30.